The fourth-order valence-corrected chi connectivity index (χ4v) is 5.68. The number of nitrogens with one attached hydrogen (secondary N) is 2. The molecular formula is C32H37ClN6. The van der Waals surface area contributed by atoms with E-state index in [2.05, 4.69) is 94.5 Å². The second-order valence-electron chi connectivity index (χ2n) is 10.3. The second-order valence-corrected chi connectivity index (χ2v) is 10.3. The van der Waals surface area contributed by atoms with E-state index in [1.54, 1.807) is 0 Å². The molecule has 0 atom stereocenters. The monoisotopic (exact) mass is 540 g/mol. The Balaban J connectivity index is 0.00000308. The average molecular weight is 541 g/mol. The Hall–Kier alpha value is -3.45. The lowest BCUT2D eigenvalue weighted by Crippen LogP contribution is -2.16. The average Bonchev–Trinajstić information content (AvgIpc) is 3.40. The molecule has 6 nitrogen and oxygen atoms in total. The molecule has 0 bridgehead atoms. The van der Waals surface area contributed by atoms with Gasteiger partial charge in [0.25, 0.3) is 0 Å². The SMILES string of the molecule is Cl.Cn1c2ccccc2c2cc(CNCCCCCCNCc3cc4c5ccccc5n(C)c4cn3)ncc21. The summed E-state index contributed by atoms with van der Waals surface area (Å²) in [6.07, 6.45) is 8.88. The van der Waals surface area contributed by atoms with E-state index in [9.17, 15) is 0 Å². The molecule has 4 heterocycles. The molecule has 39 heavy (non-hydrogen) atoms. The molecule has 202 valence electrons. The van der Waals surface area contributed by atoms with Crippen LogP contribution in [0.5, 0.6) is 0 Å². The van der Waals surface area contributed by atoms with Crippen LogP contribution in [0, 0.1) is 0 Å². The summed E-state index contributed by atoms with van der Waals surface area (Å²) in [7, 11) is 4.23. The Morgan fingerprint density at radius 3 is 1.46 bits per heavy atom. The van der Waals surface area contributed by atoms with Crippen molar-refractivity contribution >= 4 is 56.0 Å². The first-order valence-corrected chi connectivity index (χ1v) is 13.8. The van der Waals surface area contributed by atoms with Crippen LogP contribution in [0.2, 0.25) is 0 Å². The lowest BCUT2D eigenvalue weighted by atomic mass is 10.1. The first-order chi connectivity index (χ1) is 18.7. The second kappa shape index (κ2) is 12.2. The standard InChI is InChI=1S/C32H36N6.ClH/c1-37-29-13-7-5-11-25(29)27-17-23(35-21-31(27)37)19-33-15-9-3-4-10-16-34-20-24-18-28-26-12-6-8-14-30(26)38(2)32(28)22-36-24;/h5-8,11-14,17-18,21-22,33-34H,3-4,9-10,15-16,19-20H2,1-2H3;1H. The van der Waals surface area contributed by atoms with Gasteiger partial charge in [0.2, 0.25) is 0 Å². The van der Waals surface area contributed by atoms with Crippen molar-refractivity contribution in [2.24, 2.45) is 14.1 Å². The van der Waals surface area contributed by atoms with Gasteiger partial charge in [-0.3, -0.25) is 9.97 Å². The van der Waals surface area contributed by atoms with Gasteiger partial charge in [0, 0.05) is 59.8 Å². The molecular weight excluding hydrogens is 504 g/mol. The lowest BCUT2D eigenvalue weighted by Gasteiger charge is -2.07. The molecule has 0 amide bonds. The fourth-order valence-electron chi connectivity index (χ4n) is 5.68. The van der Waals surface area contributed by atoms with Crippen LogP contribution in [0.1, 0.15) is 37.1 Å². The molecule has 2 N–H and O–H groups in total. The molecule has 6 rings (SSSR count). The third kappa shape index (κ3) is 5.50. The lowest BCUT2D eigenvalue weighted by molar-refractivity contribution is 0.559. The van der Waals surface area contributed by atoms with Gasteiger partial charge in [-0.1, -0.05) is 49.2 Å². The van der Waals surface area contributed by atoms with Crippen LogP contribution in [-0.2, 0) is 27.2 Å². The summed E-state index contributed by atoms with van der Waals surface area (Å²) in [5, 5.41) is 12.3. The van der Waals surface area contributed by atoms with E-state index >= 15 is 0 Å². The summed E-state index contributed by atoms with van der Waals surface area (Å²) in [4.78, 5) is 9.38. The summed E-state index contributed by atoms with van der Waals surface area (Å²) >= 11 is 0. The van der Waals surface area contributed by atoms with E-state index in [0.29, 0.717) is 0 Å². The van der Waals surface area contributed by atoms with Crippen LogP contribution < -0.4 is 10.6 Å². The van der Waals surface area contributed by atoms with Crippen LogP contribution >= 0.6 is 12.4 Å². The Morgan fingerprint density at radius 2 is 1.00 bits per heavy atom. The highest BCUT2D eigenvalue weighted by atomic mass is 35.5. The van der Waals surface area contributed by atoms with Crippen LogP contribution in [0.4, 0.5) is 0 Å². The predicted molar refractivity (Wildman–Crippen MR) is 166 cm³/mol. The number of hydrogen-bond acceptors (Lipinski definition) is 4. The smallest absolute Gasteiger partial charge is 0.0675 e. The van der Waals surface area contributed by atoms with Gasteiger partial charge < -0.3 is 19.8 Å². The highest BCUT2D eigenvalue weighted by Gasteiger charge is 2.10. The van der Waals surface area contributed by atoms with E-state index in [1.807, 2.05) is 12.4 Å². The minimum Gasteiger partial charge on any atom is -0.342 e. The van der Waals surface area contributed by atoms with Crippen molar-refractivity contribution in [3.63, 3.8) is 0 Å². The number of nitrogens with zero attached hydrogens (tertiary/aromatic N) is 4. The first-order valence-electron chi connectivity index (χ1n) is 13.8. The van der Waals surface area contributed by atoms with E-state index in [4.69, 9.17) is 9.97 Å². The van der Waals surface area contributed by atoms with Crippen LogP contribution in [-0.4, -0.2) is 32.2 Å². The van der Waals surface area contributed by atoms with Crippen LogP contribution in [0.25, 0.3) is 43.6 Å². The molecule has 7 heteroatoms. The zero-order chi connectivity index (χ0) is 25.9. The third-order valence-electron chi connectivity index (χ3n) is 7.78. The Morgan fingerprint density at radius 1 is 0.564 bits per heavy atom. The molecule has 0 saturated heterocycles. The maximum atomic E-state index is 4.69. The predicted octanol–water partition coefficient (Wildman–Crippen LogP) is 6.63. The highest BCUT2D eigenvalue weighted by molar-refractivity contribution is 6.08. The summed E-state index contributed by atoms with van der Waals surface area (Å²) < 4.78 is 4.45. The fraction of sp³-hybridized carbons (Fsp3) is 0.312. The Bertz CT molecular complexity index is 1590. The maximum Gasteiger partial charge on any atom is 0.0675 e. The number of benzene rings is 2. The number of pyridine rings is 2. The van der Waals surface area contributed by atoms with Gasteiger partial charge in [-0.2, -0.15) is 0 Å². The quantitative estimate of drug-likeness (QED) is 0.181. The molecule has 4 aromatic heterocycles. The molecule has 0 aliphatic heterocycles. The number of para-hydroxylation sites is 2. The van der Waals surface area contributed by atoms with Crippen molar-refractivity contribution in [3.05, 3.63) is 84.4 Å². The van der Waals surface area contributed by atoms with E-state index in [-0.39, 0.29) is 12.4 Å². The number of rotatable bonds is 11. The van der Waals surface area contributed by atoms with Crippen LogP contribution in [0.3, 0.4) is 0 Å². The summed E-state index contributed by atoms with van der Waals surface area (Å²) in [5.74, 6) is 0. The highest BCUT2D eigenvalue weighted by Crippen LogP contribution is 2.28. The van der Waals surface area contributed by atoms with Gasteiger partial charge in [0.05, 0.1) is 34.8 Å². The van der Waals surface area contributed by atoms with Crippen molar-refractivity contribution < 1.29 is 0 Å². The maximum absolute atomic E-state index is 4.69. The summed E-state index contributed by atoms with van der Waals surface area (Å²) in [6.45, 7) is 3.68. The zero-order valence-corrected chi connectivity index (χ0v) is 23.6. The Kier molecular flexibility index (Phi) is 8.46. The van der Waals surface area contributed by atoms with Crippen molar-refractivity contribution in [2.45, 2.75) is 38.8 Å². The Labute approximate surface area is 235 Å². The van der Waals surface area contributed by atoms with Crippen LogP contribution in [0.15, 0.2) is 73.1 Å². The number of unbranched alkanes of at least 4 members (excludes halogenated alkanes) is 3. The van der Waals surface area contributed by atoms with E-state index in [1.165, 1.54) is 69.3 Å². The number of fused-ring (bicyclic) bond motifs is 6. The minimum absolute atomic E-state index is 0. The molecule has 6 aromatic rings. The molecule has 0 radical (unpaired) electrons. The molecule has 0 spiro atoms. The summed E-state index contributed by atoms with van der Waals surface area (Å²) in [5.41, 5.74) is 7.10. The summed E-state index contributed by atoms with van der Waals surface area (Å²) in [6, 6.07) is 21.6. The normalized spacial score (nSPS) is 11.6. The van der Waals surface area contributed by atoms with Gasteiger partial charge >= 0.3 is 0 Å². The van der Waals surface area contributed by atoms with Gasteiger partial charge in [-0.15, -0.1) is 12.4 Å². The van der Waals surface area contributed by atoms with Gasteiger partial charge in [-0.05, 0) is 50.2 Å². The van der Waals surface area contributed by atoms with Gasteiger partial charge in [-0.25, -0.2) is 0 Å². The number of halogens is 1. The van der Waals surface area contributed by atoms with E-state index < -0.39 is 0 Å². The van der Waals surface area contributed by atoms with Crippen molar-refractivity contribution in [2.75, 3.05) is 13.1 Å². The molecule has 0 saturated carbocycles. The van der Waals surface area contributed by atoms with E-state index in [0.717, 1.165) is 37.6 Å². The molecule has 2 aromatic carbocycles. The largest absolute Gasteiger partial charge is 0.342 e. The molecule has 0 fully saturated rings. The topological polar surface area (TPSA) is 59.7 Å². The van der Waals surface area contributed by atoms with Crippen molar-refractivity contribution in [3.8, 4) is 0 Å². The van der Waals surface area contributed by atoms with Crippen molar-refractivity contribution in [1.29, 1.82) is 0 Å². The van der Waals surface area contributed by atoms with Gasteiger partial charge in [0.15, 0.2) is 0 Å². The first kappa shape index (κ1) is 27.1. The van der Waals surface area contributed by atoms with Crippen molar-refractivity contribution in [1.82, 2.24) is 29.7 Å². The number of hydrogen-bond donors (Lipinski definition) is 2. The zero-order valence-electron chi connectivity index (χ0n) is 22.8. The number of aryl methyl sites for hydroxylation is 2. The third-order valence-corrected chi connectivity index (χ3v) is 7.78. The minimum atomic E-state index is 0. The molecule has 0 unspecified atom stereocenters. The molecule has 0 aliphatic rings. The number of aromatic nitrogens is 4. The van der Waals surface area contributed by atoms with Gasteiger partial charge in [0.1, 0.15) is 0 Å². The molecule has 0 aliphatic carbocycles.